The first-order valence-corrected chi connectivity index (χ1v) is 46.2. The van der Waals surface area contributed by atoms with Gasteiger partial charge in [-0.15, -0.1) is 0 Å². The first kappa shape index (κ1) is 101. The van der Waals surface area contributed by atoms with Gasteiger partial charge in [-0.2, -0.15) is 0 Å². The summed E-state index contributed by atoms with van der Waals surface area (Å²) in [7, 11) is -9.92. The number of rotatable bonds is 81. The molecule has 0 aliphatic rings. The average Bonchev–Trinajstić information content (AvgIpc) is 0.927. The molecule has 0 rings (SSSR count). The number of carbonyl (C=O) groups excluding carboxylic acids is 4. The van der Waals surface area contributed by atoms with Gasteiger partial charge in [0.1, 0.15) is 19.3 Å². The molecule has 0 radical (unpaired) electrons. The molecule has 5 atom stereocenters. The highest BCUT2D eigenvalue weighted by molar-refractivity contribution is 7.47. The number of aliphatic hydroxyl groups excluding tert-OH is 1. The smallest absolute Gasteiger partial charge is 0.462 e. The largest absolute Gasteiger partial charge is 0.472 e. The van der Waals surface area contributed by atoms with Crippen LogP contribution in [0, 0.1) is 23.7 Å². The molecule has 0 aromatic carbocycles. The van der Waals surface area contributed by atoms with E-state index in [1.54, 1.807) is 0 Å². The van der Waals surface area contributed by atoms with Crippen LogP contribution in [0.5, 0.6) is 0 Å². The summed E-state index contributed by atoms with van der Waals surface area (Å²) in [6.45, 7) is 14.3. The van der Waals surface area contributed by atoms with E-state index >= 15 is 0 Å². The van der Waals surface area contributed by atoms with Crippen molar-refractivity contribution in [3.05, 3.63) is 0 Å². The van der Waals surface area contributed by atoms with Crippen LogP contribution in [0.3, 0.4) is 0 Å². The van der Waals surface area contributed by atoms with Crippen LogP contribution < -0.4 is 0 Å². The molecule has 612 valence electrons. The van der Waals surface area contributed by atoms with Crippen molar-refractivity contribution in [1.82, 2.24) is 0 Å². The SMILES string of the molecule is CC(C)CCCCCCCCCCCCCCCCCCCCC(=O)OC[C@H](COP(=O)(O)OCC(O)COP(=O)(O)OC[C@@H](COC(=O)CCCCCCCCCC(C)C)OC(=O)CCCCCCCCCCCCCCCCCCC(C)C)OC(=O)CCCCCCCCCCCCC(C)C. The molecule has 0 saturated carbocycles. The maximum atomic E-state index is 13.1. The Hall–Kier alpha value is -1.94. The van der Waals surface area contributed by atoms with Gasteiger partial charge in [-0.25, -0.2) is 9.13 Å². The lowest BCUT2D eigenvalue weighted by Crippen LogP contribution is -2.30. The van der Waals surface area contributed by atoms with Crippen molar-refractivity contribution in [2.24, 2.45) is 23.7 Å². The van der Waals surface area contributed by atoms with Gasteiger partial charge < -0.3 is 33.8 Å². The van der Waals surface area contributed by atoms with Crippen molar-refractivity contribution < 1.29 is 80.2 Å². The number of hydrogen-bond donors (Lipinski definition) is 3. The minimum atomic E-state index is -4.96. The number of phosphoric ester groups is 2. The summed E-state index contributed by atoms with van der Waals surface area (Å²) in [5.41, 5.74) is 0. The van der Waals surface area contributed by atoms with Gasteiger partial charge in [-0.3, -0.25) is 37.3 Å². The number of hydrogen-bond acceptors (Lipinski definition) is 15. The number of unbranched alkanes of at least 4 members (excludes halogenated alkanes) is 47. The molecule has 19 heteroatoms. The summed E-state index contributed by atoms with van der Waals surface area (Å²) in [5.74, 6) is 0.977. The van der Waals surface area contributed by atoms with Crippen LogP contribution in [0.1, 0.15) is 434 Å². The second-order valence-electron chi connectivity index (χ2n) is 32.1. The molecule has 0 aliphatic heterocycles. The molecule has 0 aromatic rings. The van der Waals surface area contributed by atoms with E-state index in [2.05, 4.69) is 55.4 Å². The van der Waals surface area contributed by atoms with E-state index in [4.69, 9.17) is 37.0 Å². The van der Waals surface area contributed by atoms with E-state index in [-0.39, 0.29) is 25.7 Å². The standard InChI is InChI=1S/C84H164O17P2/c1-74(2)60-52-44-36-29-23-19-15-11-9-10-12-17-21-25-32-40-48-56-64-81(86)94-70-79(100-84(89)67-59-51-42-34-28-27-31-38-46-54-62-76(5)6)72-98-102(90,91)96-68-78(85)69-97-103(92,93)99-73-80(71-95-82(87)65-57-49-43-35-39-47-55-63-77(7)8)101-83(88)66-58-50-41-33-26-22-18-14-13-16-20-24-30-37-45-53-61-75(3)4/h74-80,85H,9-73H2,1-8H3,(H,90,91)(H,92,93)/t78?,79-,80-/m1/s1. The molecule has 3 N–H and O–H groups in total. The van der Waals surface area contributed by atoms with E-state index in [0.29, 0.717) is 31.6 Å². The van der Waals surface area contributed by atoms with Gasteiger partial charge >= 0.3 is 39.5 Å². The van der Waals surface area contributed by atoms with Gasteiger partial charge in [0.2, 0.25) is 0 Å². The number of aliphatic hydroxyl groups is 1. The highest BCUT2D eigenvalue weighted by atomic mass is 31.2. The van der Waals surface area contributed by atoms with Crippen LogP contribution >= 0.6 is 15.6 Å². The minimum absolute atomic E-state index is 0.106. The lowest BCUT2D eigenvalue weighted by Gasteiger charge is -2.21. The fourth-order valence-electron chi connectivity index (χ4n) is 13.0. The Kier molecular flexibility index (Phi) is 71.5. The maximum Gasteiger partial charge on any atom is 0.472 e. The normalized spacial score (nSPS) is 14.0. The summed E-state index contributed by atoms with van der Waals surface area (Å²) < 4.78 is 68.8. The van der Waals surface area contributed by atoms with Crippen molar-refractivity contribution in [3.63, 3.8) is 0 Å². The monoisotopic (exact) mass is 1510 g/mol. The zero-order chi connectivity index (χ0) is 76.0. The Bertz CT molecular complexity index is 2010. The zero-order valence-electron chi connectivity index (χ0n) is 68.0. The van der Waals surface area contributed by atoms with Gasteiger partial charge in [-0.05, 0) is 49.4 Å². The Morgan fingerprint density at radius 3 is 0.602 bits per heavy atom. The predicted octanol–water partition coefficient (Wildman–Crippen LogP) is 25.2. The molecule has 103 heavy (non-hydrogen) atoms. The summed E-state index contributed by atoms with van der Waals surface area (Å²) >= 11 is 0. The highest BCUT2D eigenvalue weighted by Crippen LogP contribution is 2.45. The highest BCUT2D eigenvalue weighted by Gasteiger charge is 2.30. The Morgan fingerprint density at radius 1 is 0.243 bits per heavy atom. The molecule has 0 saturated heterocycles. The Morgan fingerprint density at radius 2 is 0.408 bits per heavy atom. The van der Waals surface area contributed by atoms with Crippen molar-refractivity contribution in [2.45, 2.75) is 453 Å². The molecule has 0 heterocycles. The topological polar surface area (TPSA) is 237 Å². The van der Waals surface area contributed by atoms with Gasteiger partial charge in [0.05, 0.1) is 26.4 Å². The van der Waals surface area contributed by atoms with Crippen molar-refractivity contribution in [3.8, 4) is 0 Å². The van der Waals surface area contributed by atoms with E-state index < -0.39 is 97.5 Å². The fraction of sp³-hybridized carbons (Fsp3) is 0.952. The lowest BCUT2D eigenvalue weighted by atomic mass is 10.0. The third-order valence-corrected chi connectivity index (χ3v) is 21.5. The molecule has 0 amide bonds. The van der Waals surface area contributed by atoms with Crippen LogP contribution in [-0.4, -0.2) is 96.7 Å². The third-order valence-electron chi connectivity index (χ3n) is 19.6. The first-order valence-electron chi connectivity index (χ1n) is 43.2. The van der Waals surface area contributed by atoms with Crippen LogP contribution in [0.25, 0.3) is 0 Å². The van der Waals surface area contributed by atoms with Gasteiger partial charge in [0, 0.05) is 25.7 Å². The predicted molar refractivity (Wildman–Crippen MR) is 423 cm³/mol. The Balaban J connectivity index is 5.18. The second-order valence-corrected chi connectivity index (χ2v) is 35.0. The van der Waals surface area contributed by atoms with Gasteiger partial charge in [-0.1, -0.05) is 383 Å². The third kappa shape index (κ3) is 78.0. The number of esters is 4. The van der Waals surface area contributed by atoms with Crippen molar-refractivity contribution in [1.29, 1.82) is 0 Å². The van der Waals surface area contributed by atoms with Gasteiger partial charge in [0.15, 0.2) is 12.2 Å². The van der Waals surface area contributed by atoms with Crippen LogP contribution in [0.2, 0.25) is 0 Å². The van der Waals surface area contributed by atoms with E-state index in [0.717, 1.165) is 114 Å². The fourth-order valence-corrected chi connectivity index (χ4v) is 14.5. The molecule has 17 nitrogen and oxygen atoms in total. The van der Waals surface area contributed by atoms with E-state index in [9.17, 15) is 43.2 Å². The summed E-state index contributed by atoms with van der Waals surface area (Å²) in [6.07, 6.45) is 61.3. The quantitative estimate of drug-likeness (QED) is 0.0222. The molecular weight excluding hydrogens is 1340 g/mol. The van der Waals surface area contributed by atoms with E-state index in [1.807, 2.05) is 0 Å². The number of ether oxygens (including phenoxy) is 4. The lowest BCUT2D eigenvalue weighted by molar-refractivity contribution is -0.161. The first-order chi connectivity index (χ1) is 49.6. The van der Waals surface area contributed by atoms with Crippen molar-refractivity contribution >= 4 is 39.5 Å². The van der Waals surface area contributed by atoms with Crippen LogP contribution in [0.4, 0.5) is 0 Å². The molecule has 0 aromatic heterocycles. The molecular formula is C84H164O17P2. The van der Waals surface area contributed by atoms with E-state index in [1.165, 1.54) is 231 Å². The van der Waals surface area contributed by atoms with Gasteiger partial charge in [0.25, 0.3) is 0 Å². The zero-order valence-corrected chi connectivity index (χ0v) is 69.7. The molecule has 0 fully saturated rings. The molecule has 0 spiro atoms. The average molecular weight is 1510 g/mol. The molecule has 0 aliphatic carbocycles. The molecule has 0 bridgehead atoms. The minimum Gasteiger partial charge on any atom is -0.462 e. The van der Waals surface area contributed by atoms with Crippen molar-refractivity contribution in [2.75, 3.05) is 39.6 Å². The Labute approximate surface area is 632 Å². The number of carbonyl (C=O) groups is 4. The maximum absolute atomic E-state index is 13.1. The summed E-state index contributed by atoms with van der Waals surface area (Å²) in [4.78, 5) is 73.1. The number of phosphoric acid groups is 2. The van der Waals surface area contributed by atoms with Crippen LogP contribution in [-0.2, 0) is 65.4 Å². The summed E-state index contributed by atoms with van der Waals surface area (Å²) in [6, 6.07) is 0. The summed E-state index contributed by atoms with van der Waals surface area (Å²) in [5, 5.41) is 10.7. The molecule has 3 unspecified atom stereocenters. The second kappa shape index (κ2) is 72.9. The van der Waals surface area contributed by atoms with Crippen LogP contribution in [0.15, 0.2) is 0 Å².